The highest BCUT2D eigenvalue weighted by molar-refractivity contribution is 5.78. The largest absolute Gasteiger partial charge is 0.396 e. The Balaban J connectivity index is 2.37. The molecule has 5 heteroatoms. The van der Waals surface area contributed by atoms with Crippen LogP contribution in [0.5, 0.6) is 0 Å². The number of nitrogens with zero attached hydrogens (tertiary/aromatic N) is 2. The molecule has 0 bridgehead atoms. The van der Waals surface area contributed by atoms with Crippen LogP contribution in [0.25, 0.3) is 0 Å². The molecule has 1 fully saturated rings. The molecule has 0 aromatic rings. The molecule has 0 aromatic heterocycles. The lowest BCUT2D eigenvalue weighted by molar-refractivity contribution is -0.123. The van der Waals surface area contributed by atoms with Crippen molar-refractivity contribution in [3.05, 3.63) is 0 Å². The molecule has 1 heterocycles. The minimum Gasteiger partial charge on any atom is -0.396 e. The molecular formula is C11H19N3O2. The van der Waals surface area contributed by atoms with Gasteiger partial charge in [0.25, 0.3) is 0 Å². The second-order valence-corrected chi connectivity index (χ2v) is 4.07. The van der Waals surface area contributed by atoms with Gasteiger partial charge in [-0.3, -0.25) is 9.69 Å². The van der Waals surface area contributed by atoms with Gasteiger partial charge in [0.15, 0.2) is 0 Å². The molecule has 0 saturated carbocycles. The Morgan fingerprint density at radius 3 is 3.06 bits per heavy atom. The summed E-state index contributed by atoms with van der Waals surface area (Å²) >= 11 is 0. The fourth-order valence-corrected chi connectivity index (χ4v) is 2.12. The summed E-state index contributed by atoms with van der Waals surface area (Å²) in [5, 5.41) is 19.8. The summed E-state index contributed by atoms with van der Waals surface area (Å²) in [4.78, 5) is 13.6. The number of carbonyl (C=O) groups excluding carboxylic acids is 1. The van der Waals surface area contributed by atoms with Gasteiger partial charge in [-0.2, -0.15) is 5.26 Å². The minimum atomic E-state index is -0.105. The lowest BCUT2D eigenvalue weighted by atomic mass is 10.00. The molecular weight excluding hydrogens is 206 g/mol. The van der Waals surface area contributed by atoms with Crippen molar-refractivity contribution >= 4 is 5.91 Å². The first-order valence-corrected chi connectivity index (χ1v) is 5.76. The van der Waals surface area contributed by atoms with E-state index >= 15 is 0 Å². The number of amides is 1. The number of nitriles is 1. The summed E-state index contributed by atoms with van der Waals surface area (Å²) in [5.74, 6) is -0.105. The highest BCUT2D eigenvalue weighted by Gasteiger charge is 2.23. The number of likely N-dealkylation sites (tertiary alicyclic amines) is 1. The van der Waals surface area contributed by atoms with Crippen LogP contribution in [0.1, 0.15) is 25.7 Å². The molecule has 1 aliphatic heterocycles. The normalized spacial score (nSPS) is 21.4. The number of hydrogen-bond acceptors (Lipinski definition) is 4. The van der Waals surface area contributed by atoms with E-state index in [1.807, 2.05) is 6.07 Å². The van der Waals surface area contributed by atoms with Crippen LogP contribution in [0.15, 0.2) is 0 Å². The molecule has 1 unspecified atom stereocenters. The molecule has 0 spiro atoms. The SMILES string of the molecule is N#CCNC(=O)CN1CCCCC1CCO. The third kappa shape index (κ3) is 4.17. The van der Waals surface area contributed by atoms with Gasteiger partial charge in [-0.05, 0) is 25.8 Å². The summed E-state index contributed by atoms with van der Waals surface area (Å²) in [6, 6.07) is 2.19. The van der Waals surface area contributed by atoms with Gasteiger partial charge in [-0.1, -0.05) is 6.42 Å². The molecule has 5 nitrogen and oxygen atoms in total. The van der Waals surface area contributed by atoms with Crippen LogP contribution in [0.3, 0.4) is 0 Å². The predicted molar refractivity (Wildman–Crippen MR) is 59.5 cm³/mol. The average Bonchev–Trinajstić information content (AvgIpc) is 2.29. The van der Waals surface area contributed by atoms with E-state index in [1.165, 1.54) is 6.42 Å². The monoisotopic (exact) mass is 225 g/mol. The van der Waals surface area contributed by atoms with Crippen LogP contribution < -0.4 is 5.32 Å². The van der Waals surface area contributed by atoms with E-state index < -0.39 is 0 Å². The van der Waals surface area contributed by atoms with E-state index in [-0.39, 0.29) is 19.1 Å². The third-order valence-electron chi connectivity index (χ3n) is 2.92. The van der Waals surface area contributed by atoms with Crippen LogP contribution in [0.2, 0.25) is 0 Å². The third-order valence-corrected chi connectivity index (χ3v) is 2.92. The lowest BCUT2D eigenvalue weighted by Gasteiger charge is -2.34. The number of aliphatic hydroxyl groups excluding tert-OH is 1. The van der Waals surface area contributed by atoms with E-state index in [9.17, 15) is 4.79 Å². The van der Waals surface area contributed by atoms with Crippen LogP contribution >= 0.6 is 0 Å². The average molecular weight is 225 g/mol. The van der Waals surface area contributed by atoms with Crippen molar-refractivity contribution in [2.24, 2.45) is 0 Å². The number of nitrogens with one attached hydrogen (secondary N) is 1. The highest BCUT2D eigenvalue weighted by Crippen LogP contribution is 2.18. The van der Waals surface area contributed by atoms with Crippen LogP contribution in [-0.4, -0.2) is 48.2 Å². The molecule has 1 aliphatic rings. The molecule has 1 saturated heterocycles. The second kappa shape index (κ2) is 7.20. The maximum absolute atomic E-state index is 11.5. The Morgan fingerprint density at radius 1 is 1.56 bits per heavy atom. The van der Waals surface area contributed by atoms with Gasteiger partial charge in [-0.25, -0.2) is 0 Å². The number of piperidine rings is 1. The summed E-state index contributed by atoms with van der Waals surface area (Å²) < 4.78 is 0. The molecule has 0 aromatic carbocycles. The van der Waals surface area contributed by atoms with E-state index in [0.29, 0.717) is 12.6 Å². The summed E-state index contributed by atoms with van der Waals surface area (Å²) in [5.41, 5.74) is 0. The zero-order chi connectivity index (χ0) is 11.8. The summed E-state index contributed by atoms with van der Waals surface area (Å²) in [7, 11) is 0. The van der Waals surface area contributed by atoms with E-state index in [2.05, 4.69) is 10.2 Å². The zero-order valence-corrected chi connectivity index (χ0v) is 9.48. The standard InChI is InChI=1S/C11H19N3O2/c12-5-6-13-11(16)9-14-7-2-1-3-10(14)4-8-15/h10,15H,1-4,6-9H2,(H,13,16). The molecule has 90 valence electrons. The topological polar surface area (TPSA) is 76.4 Å². The maximum atomic E-state index is 11.5. The first-order valence-electron chi connectivity index (χ1n) is 5.76. The smallest absolute Gasteiger partial charge is 0.235 e. The van der Waals surface area contributed by atoms with Gasteiger partial charge in [0.2, 0.25) is 5.91 Å². The Hall–Kier alpha value is -1.12. The quantitative estimate of drug-likeness (QED) is 0.639. The van der Waals surface area contributed by atoms with E-state index in [1.54, 1.807) is 0 Å². The first-order chi connectivity index (χ1) is 7.77. The molecule has 0 radical (unpaired) electrons. The van der Waals surface area contributed by atoms with Crippen LogP contribution in [0, 0.1) is 11.3 Å². The number of hydrogen-bond donors (Lipinski definition) is 2. The molecule has 1 amide bonds. The van der Waals surface area contributed by atoms with Crippen molar-refractivity contribution in [3.63, 3.8) is 0 Å². The Bertz CT molecular complexity index is 260. The van der Waals surface area contributed by atoms with Crippen molar-refractivity contribution in [1.29, 1.82) is 5.26 Å². The van der Waals surface area contributed by atoms with Crippen molar-refractivity contribution in [2.75, 3.05) is 26.2 Å². The predicted octanol–water partition coefficient (Wildman–Crippen LogP) is -0.137. The van der Waals surface area contributed by atoms with Gasteiger partial charge >= 0.3 is 0 Å². The van der Waals surface area contributed by atoms with E-state index in [0.717, 1.165) is 25.8 Å². The van der Waals surface area contributed by atoms with Gasteiger partial charge in [0.1, 0.15) is 6.54 Å². The fourth-order valence-electron chi connectivity index (χ4n) is 2.12. The lowest BCUT2D eigenvalue weighted by Crippen LogP contribution is -2.45. The molecule has 2 N–H and O–H groups in total. The molecule has 0 aliphatic carbocycles. The summed E-state index contributed by atoms with van der Waals surface area (Å²) in [6.07, 6.45) is 4.05. The number of rotatable bonds is 5. The Kier molecular flexibility index (Phi) is 5.83. The highest BCUT2D eigenvalue weighted by atomic mass is 16.3. The molecule has 16 heavy (non-hydrogen) atoms. The molecule has 1 rings (SSSR count). The van der Waals surface area contributed by atoms with Gasteiger partial charge in [-0.15, -0.1) is 0 Å². The maximum Gasteiger partial charge on any atom is 0.235 e. The van der Waals surface area contributed by atoms with Crippen molar-refractivity contribution in [1.82, 2.24) is 10.2 Å². The number of carbonyl (C=O) groups is 1. The first kappa shape index (κ1) is 12.9. The minimum absolute atomic E-state index is 0.0668. The van der Waals surface area contributed by atoms with Crippen molar-refractivity contribution in [3.8, 4) is 6.07 Å². The second-order valence-electron chi connectivity index (χ2n) is 4.07. The van der Waals surface area contributed by atoms with Crippen molar-refractivity contribution in [2.45, 2.75) is 31.7 Å². The van der Waals surface area contributed by atoms with Gasteiger partial charge in [0.05, 0.1) is 12.6 Å². The van der Waals surface area contributed by atoms with Crippen molar-refractivity contribution < 1.29 is 9.90 Å². The van der Waals surface area contributed by atoms with Crippen LogP contribution in [0.4, 0.5) is 0 Å². The molecule has 1 atom stereocenters. The zero-order valence-electron chi connectivity index (χ0n) is 9.48. The van der Waals surface area contributed by atoms with Crippen LogP contribution in [-0.2, 0) is 4.79 Å². The summed E-state index contributed by atoms with van der Waals surface area (Å²) in [6.45, 7) is 1.48. The fraction of sp³-hybridized carbons (Fsp3) is 0.818. The van der Waals surface area contributed by atoms with E-state index in [4.69, 9.17) is 10.4 Å². The van der Waals surface area contributed by atoms with Gasteiger partial charge < -0.3 is 10.4 Å². The number of aliphatic hydroxyl groups is 1. The Morgan fingerprint density at radius 2 is 2.38 bits per heavy atom. The van der Waals surface area contributed by atoms with Gasteiger partial charge in [0, 0.05) is 12.6 Å². The Labute approximate surface area is 96.0 Å².